The van der Waals surface area contributed by atoms with E-state index in [9.17, 15) is 4.79 Å². The summed E-state index contributed by atoms with van der Waals surface area (Å²) in [5.74, 6) is 0.872. The summed E-state index contributed by atoms with van der Waals surface area (Å²) in [4.78, 5) is 14.9. The van der Waals surface area contributed by atoms with E-state index in [-0.39, 0.29) is 5.91 Å². The van der Waals surface area contributed by atoms with Crippen LogP contribution in [0.15, 0.2) is 24.3 Å². The largest absolute Gasteiger partial charge is 0.497 e. The zero-order valence-electron chi connectivity index (χ0n) is 15.1. The zero-order chi connectivity index (χ0) is 17.4. The number of benzene rings is 1. The van der Waals surface area contributed by atoms with Crippen LogP contribution in [0.4, 0.5) is 0 Å². The molecule has 5 heteroatoms. The van der Waals surface area contributed by atoms with Crippen LogP contribution in [0.3, 0.4) is 0 Å². The summed E-state index contributed by atoms with van der Waals surface area (Å²) in [5.41, 5.74) is 0.449. The highest BCUT2D eigenvalue weighted by Gasteiger charge is 2.29. The number of nitrogens with one attached hydrogen (secondary N) is 1. The van der Waals surface area contributed by atoms with Gasteiger partial charge >= 0.3 is 0 Å². The number of amides is 1. The number of carbonyl (C=O) groups excluding carboxylic acids is 1. The minimum absolute atomic E-state index is 0.0686. The molecule has 1 amide bonds. The van der Waals surface area contributed by atoms with Crippen molar-refractivity contribution in [3.05, 3.63) is 29.8 Å². The fourth-order valence-corrected chi connectivity index (χ4v) is 2.85. The van der Waals surface area contributed by atoms with Gasteiger partial charge in [0.1, 0.15) is 5.75 Å². The van der Waals surface area contributed by atoms with Gasteiger partial charge in [-0.05, 0) is 50.9 Å². The molecule has 0 aromatic heterocycles. The van der Waals surface area contributed by atoms with Crippen LogP contribution in [-0.2, 0) is 14.9 Å². The molecule has 24 heavy (non-hydrogen) atoms. The Balaban J connectivity index is 1.71. The van der Waals surface area contributed by atoms with Crippen molar-refractivity contribution in [2.45, 2.75) is 32.1 Å². The number of morpholine rings is 1. The Morgan fingerprint density at radius 1 is 1.21 bits per heavy atom. The monoisotopic (exact) mass is 334 g/mol. The van der Waals surface area contributed by atoms with E-state index in [1.54, 1.807) is 7.11 Å². The summed E-state index contributed by atoms with van der Waals surface area (Å²) < 4.78 is 10.5. The Bertz CT molecular complexity index is 508. The van der Waals surface area contributed by atoms with Crippen LogP contribution in [0.2, 0.25) is 0 Å². The van der Waals surface area contributed by atoms with Gasteiger partial charge < -0.3 is 14.8 Å². The Morgan fingerprint density at radius 2 is 1.88 bits per heavy atom. The summed E-state index contributed by atoms with van der Waals surface area (Å²) in [7, 11) is 1.64. The Morgan fingerprint density at radius 3 is 2.50 bits per heavy atom. The Kier molecular flexibility index (Phi) is 7.06. The molecular weight excluding hydrogens is 304 g/mol. The van der Waals surface area contributed by atoms with E-state index in [2.05, 4.69) is 10.2 Å². The maximum Gasteiger partial charge on any atom is 0.230 e. The lowest BCUT2D eigenvalue weighted by molar-refractivity contribution is -0.125. The zero-order valence-corrected chi connectivity index (χ0v) is 15.1. The van der Waals surface area contributed by atoms with Gasteiger partial charge in [-0.15, -0.1) is 0 Å². The molecule has 0 aliphatic carbocycles. The van der Waals surface area contributed by atoms with Gasteiger partial charge in [-0.3, -0.25) is 9.69 Å². The van der Waals surface area contributed by atoms with Gasteiger partial charge in [0.05, 0.1) is 25.7 Å². The second-order valence-electron chi connectivity index (χ2n) is 6.77. The van der Waals surface area contributed by atoms with Crippen molar-refractivity contribution in [2.75, 3.05) is 46.5 Å². The van der Waals surface area contributed by atoms with E-state index in [1.165, 1.54) is 0 Å². The highest BCUT2D eigenvalue weighted by Crippen LogP contribution is 2.25. The van der Waals surface area contributed by atoms with Crippen LogP contribution in [0.1, 0.15) is 32.3 Å². The Hall–Kier alpha value is -1.59. The van der Waals surface area contributed by atoms with Crippen LogP contribution in [0.5, 0.6) is 5.75 Å². The summed E-state index contributed by atoms with van der Waals surface area (Å²) in [6.45, 7) is 9.45. The van der Waals surface area contributed by atoms with Crippen molar-refractivity contribution >= 4 is 5.91 Å². The molecule has 1 aromatic rings. The molecule has 1 heterocycles. The predicted octanol–water partition coefficient (Wildman–Crippen LogP) is 2.20. The second-order valence-corrected chi connectivity index (χ2v) is 6.77. The van der Waals surface area contributed by atoms with Crippen LogP contribution in [0.25, 0.3) is 0 Å². The van der Waals surface area contributed by atoms with Crippen molar-refractivity contribution in [2.24, 2.45) is 0 Å². The van der Waals surface area contributed by atoms with Gasteiger partial charge in [-0.1, -0.05) is 12.1 Å². The molecule has 1 N–H and O–H groups in total. The van der Waals surface area contributed by atoms with Gasteiger partial charge in [0.15, 0.2) is 0 Å². The van der Waals surface area contributed by atoms with Gasteiger partial charge in [-0.2, -0.15) is 0 Å². The topological polar surface area (TPSA) is 50.8 Å². The molecule has 0 atom stereocenters. The third kappa shape index (κ3) is 5.21. The molecule has 0 bridgehead atoms. The third-order valence-electron chi connectivity index (χ3n) is 4.67. The van der Waals surface area contributed by atoms with E-state index in [0.717, 1.165) is 63.5 Å². The number of hydrogen-bond donors (Lipinski definition) is 1. The number of unbranched alkanes of at least 4 members (excludes halogenated alkanes) is 1. The van der Waals surface area contributed by atoms with Gasteiger partial charge in [0.2, 0.25) is 5.91 Å². The first kappa shape index (κ1) is 18.7. The minimum Gasteiger partial charge on any atom is -0.497 e. The number of methoxy groups -OCH3 is 1. The predicted molar refractivity (Wildman–Crippen MR) is 95.5 cm³/mol. The second kappa shape index (κ2) is 9.04. The lowest BCUT2D eigenvalue weighted by Gasteiger charge is -2.27. The van der Waals surface area contributed by atoms with E-state index in [0.29, 0.717) is 0 Å². The molecular formula is C19H30N2O3. The van der Waals surface area contributed by atoms with Crippen molar-refractivity contribution in [3.8, 4) is 5.75 Å². The molecule has 0 spiro atoms. The van der Waals surface area contributed by atoms with Crippen molar-refractivity contribution < 1.29 is 14.3 Å². The number of ether oxygens (including phenoxy) is 2. The number of rotatable bonds is 8. The molecule has 1 aliphatic rings. The highest BCUT2D eigenvalue weighted by molar-refractivity contribution is 5.87. The van der Waals surface area contributed by atoms with Crippen molar-refractivity contribution in [3.63, 3.8) is 0 Å². The highest BCUT2D eigenvalue weighted by atomic mass is 16.5. The minimum atomic E-state index is -0.545. The molecule has 0 saturated carbocycles. The summed E-state index contributed by atoms with van der Waals surface area (Å²) in [6.07, 6.45) is 2.10. The van der Waals surface area contributed by atoms with Crippen LogP contribution in [-0.4, -0.2) is 57.3 Å². The SMILES string of the molecule is COc1ccc(C(C)(C)C(=O)NCCCCN2CCOCC2)cc1. The van der Waals surface area contributed by atoms with E-state index >= 15 is 0 Å². The molecule has 1 aromatic carbocycles. The molecule has 1 aliphatic heterocycles. The molecule has 2 rings (SSSR count). The fraction of sp³-hybridized carbons (Fsp3) is 0.632. The maximum atomic E-state index is 12.5. The van der Waals surface area contributed by atoms with Crippen LogP contribution < -0.4 is 10.1 Å². The molecule has 1 saturated heterocycles. The fourth-order valence-electron chi connectivity index (χ4n) is 2.85. The lowest BCUT2D eigenvalue weighted by Crippen LogP contribution is -2.41. The first-order valence-electron chi connectivity index (χ1n) is 8.77. The van der Waals surface area contributed by atoms with Crippen LogP contribution in [0, 0.1) is 0 Å². The van der Waals surface area contributed by atoms with E-state index in [1.807, 2.05) is 38.1 Å². The van der Waals surface area contributed by atoms with Gasteiger partial charge in [0, 0.05) is 19.6 Å². The average molecular weight is 334 g/mol. The Labute approximate surface area is 145 Å². The number of hydrogen-bond acceptors (Lipinski definition) is 4. The third-order valence-corrected chi connectivity index (χ3v) is 4.67. The van der Waals surface area contributed by atoms with Crippen LogP contribution >= 0.6 is 0 Å². The molecule has 0 radical (unpaired) electrons. The molecule has 0 unspecified atom stereocenters. The number of carbonyl (C=O) groups is 1. The van der Waals surface area contributed by atoms with E-state index < -0.39 is 5.41 Å². The normalized spacial score (nSPS) is 16.0. The first-order valence-corrected chi connectivity index (χ1v) is 8.77. The maximum absolute atomic E-state index is 12.5. The van der Waals surface area contributed by atoms with Gasteiger partial charge in [-0.25, -0.2) is 0 Å². The quantitative estimate of drug-likeness (QED) is 0.741. The molecule has 5 nitrogen and oxygen atoms in total. The summed E-state index contributed by atoms with van der Waals surface area (Å²) >= 11 is 0. The van der Waals surface area contributed by atoms with Gasteiger partial charge in [0.25, 0.3) is 0 Å². The van der Waals surface area contributed by atoms with E-state index in [4.69, 9.17) is 9.47 Å². The van der Waals surface area contributed by atoms with Crippen molar-refractivity contribution in [1.82, 2.24) is 10.2 Å². The van der Waals surface area contributed by atoms with Crippen molar-refractivity contribution in [1.29, 1.82) is 0 Å². The summed E-state index contributed by atoms with van der Waals surface area (Å²) in [6, 6.07) is 7.70. The summed E-state index contributed by atoms with van der Waals surface area (Å²) in [5, 5.41) is 3.07. The standard InChI is InChI=1S/C19H30N2O3/c1-19(2,16-6-8-17(23-3)9-7-16)18(22)20-10-4-5-11-21-12-14-24-15-13-21/h6-9H,4-5,10-15H2,1-3H3,(H,20,22). The lowest BCUT2D eigenvalue weighted by atomic mass is 9.83. The first-order chi connectivity index (χ1) is 11.5. The molecule has 134 valence electrons. The average Bonchev–Trinajstić information content (AvgIpc) is 2.62. The smallest absolute Gasteiger partial charge is 0.230 e. The number of nitrogens with zero attached hydrogens (tertiary/aromatic N) is 1. The molecule has 1 fully saturated rings.